The number of rotatable bonds is 5. The number of carboxylic acids is 1. The van der Waals surface area contributed by atoms with Crippen molar-refractivity contribution >= 4 is 11.9 Å². The highest BCUT2D eigenvalue weighted by Crippen LogP contribution is 1.80. The van der Waals surface area contributed by atoms with Crippen LogP contribution in [0.4, 0.5) is 0 Å². The van der Waals surface area contributed by atoms with E-state index < -0.39 is 18.5 Å². The summed E-state index contributed by atoms with van der Waals surface area (Å²) in [5.41, 5.74) is 0. The summed E-state index contributed by atoms with van der Waals surface area (Å²) in [7, 11) is 0. The van der Waals surface area contributed by atoms with Crippen molar-refractivity contribution in [2.45, 2.75) is 6.92 Å². The molecule has 0 aliphatic rings. The van der Waals surface area contributed by atoms with Crippen LogP contribution in [0.25, 0.3) is 0 Å². The van der Waals surface area contributed by atoms with Crippen LogP contribution >= 0.6 is 0 Å². The Morgan fingerprint density at radius 2 is 2.00 bits per heavy atom. The summed E-state index contributed by atoms with van der Waals surface area (Å²) in [4.78, 5) is 20.3. The lowest BCUT2D eigenvalue weighted by molar-refractivity contribution is -0.152. The third-order valence-electron chi connectivity index (χ3n) is 0.751. The lowest BCUT2D eigenvalue weighted by Crippen LogP contribution is -2.16. The summed E-state index contributed by atoms with van der Waals surface area (Å²) in [5.74, 6) is -1.65. The van der Waals surface area contributed by atoms with Crippen LogP contribution in [-0.2, 0) is 19.1 Å². The number of hydrogen-bond acceptors (Lipinski definition) is 4. The van der Waals surface area contributed by atoms with E-state index in [0.717, 1.165) is 0 Å². The van der Waals surface area contributed by atoms with Crippen molar-refractivity contribution in [2.24, 2.45) is 0 Å². The molecule has 0 aromatic heterocycles. The Hall–Kier alpha value is -1.10. The molecule has 0 heterocycles. The minimum absolute atomic E-state index is 0.273. The Labute approximate surface area is 63.9 Å². The van der Waals surface area contributed by atoms with E-state index in [-0.39, 0.29) is 13.2 Å². The SMILES string of the molecule is CCOC(=O)COCC(=O)O. The van der Waals surface area contributed by atoms with E-state index >= 15 is 0 Å². The quantitative estimate of drug-likeness (QED) is 0.559. The first-order chi connectivity index (χ1) is 5.16. The minimum atomic E-state index is -1.10. The fraction of sp³-hybridized carbons (Fsp3) is 0.667. The van der Waals surface area contributed by atoms with E-state index in [1.54, 1.807) is 6.92 Å². The first kappa shape index (κ1) is 9.90. The van der Waals surface area contributed by atoms with Crippen LogP contribution in [0.2, 0.25) is 0 Å². The van der Waals surface area contributed by atoms with Crippen LogP contribution in [0.3, 0.4) is 0 Å². The number of carbonyl (C=O) groups excluding carboxylic acids is 1. The van der Waals surface area contributed by atoms with E-state index in [0.29, 0.717) is 0 Å². The number of carboxylic acid groups (broad SMARTS) is 1. The van der Waals surface area contributed by atoms with E-state index in [4.69, 9.17) is 5.11 Å². The fourth-order valence-corrected chi connectivity index (χ4v) is 0.424. The second kappa shape index (κ2) is 5.67. The van der Waals surface area contributed by atoms with Gasteiger partial charge in [0.1, 0.15) is 13.2 Å². The number of ether oxygens (including phenoxy) is 2. The molecule has 11 heavy (non-hydrogen) atoms. The highest BCUT2D eigenvalue weighted by molar-refractivity contribution is 5.72. The molecule has 0 rings (SSSR count). The summed E-state index contributed by atoms with van der Waals surface area (Å²) < 4.78 is 8.90. The van der Waals surface area contributed by atoms with Gasteiger partial charge in [0.25, 0.3) is 0 Å². The average Bonchev–Trinajstić information content (AvgIpc) is 1.87. The number of esters is 1. The van der Waals surface area contributed by atoms with Crippen LogP contribution in [0.1, 0.15) is 6.92 Å². The minimum Gasteiger partial charge on any atom is -0.480 e. The van der Waals surface area contributed by atoms with E-state index in [2.05, 4.69) is 9.47 Å². The molecule has 0 radical (unpaired) electrons. The van der Waals surface area contributed by atoms with Crippen LogP contribution in [0.5, 0.6) is 0 Å². The first-order valence-electron chi connectivity index (χ1n) is 3.12. The average molecular weight is 162 g/mol. The molecule has 5 nitrogen and oxygen atoms in total. The first-order valence-corrected chi connectivity index (χ1v) is 3.12. The third kappa shape index (κ3) is 6.79. The Morgan fingerprint density at radius 1 is 1.36 bits per heavy atom. The standard InChI is InChI=1S/C6H10O5/c1-2-11-6(9)4-10-3-5(7)8/h2-4H2,1H3,(H,7,8). The van der Waals surface area contributed by atoms with Crippen molar-refractivity contribution in [3.05, 3.63) is 0 Å². The molecule has 0 aromatic carbocycles. The third-order valence-corrected chi connectivity index (χ3v) is 0.751. The lowest BCUT2D eigenvalue weighted by atomic mass is 10.7. The van der Waals surface area contributed by atoms with Gasteiger partial charge < -0.3 is 14.6 Å². The second-order valence-corrected chi connectivity index (χ2v) is 1.69. The Kier molecular flexibility index (Phi) is 5.10. The Morgan fingerprint density at radius 3 is 2.45 bits per heavy atom. The monoisotopic (exact) mass is 162 g/mol. The molecule has 0 saturated carbocycles. The molecular weight excluding hydrogens is 152 g/mol. The molecule has 0 bridgehead atoms. The van der Waals surface area contributed by atoms with E-state index in [1.165, 1.54) is 0 Å². The summed E-state index contributed by atoms with van der Waals surface area (Å²) in [6, 6.07) is 0. The van der Waals surface area contributed by atoms with Crippen LogP contribution < -0.4 is 0 Å². The second-order valence-electron chi connectivity index (χ2n) is 1.69. The maximum absolute atomic E-state index is 10.5. The van der Waals surface area contributed by atoms with Gasteiger partial charge in [0.2, 0.25) is 0 Å². The fourth-order valence-electron chi connectivity index (χ4n) is 0.424. The van der Waals surface area contributed by atoms with Gasteiger partial charge in [0.05, 0.1) is 6.61 Å². The van der Waals surface area contributed by atoms with Gasteiger partial charge in [-0.05, 0) is 6.92 Å². The largest absolute Gasteiger partial charge is 0.480 e. The predicted octanol–water partition coefficient (Wildman–Crippen LogP) is -0.349. The van der Waals surface area contributed by atoms with E-state index in [1.807, 2.05) is 0 Å². The van der Waals surface area contributed by atoms with Gasteiger partial charge in [-0.25, -0.2) is 9.59 Å². The molecule has 0 aromatic rings. The Bertz CT molecular complexity index is 142. The van der Waals surface area contributed by atoms with Gasteiger partial charge in [-0.15, -0.1) is 0 Å². The van der Waals surface area contributed by atoms with Gasteiger partial charge in [0.15, 0.2) is 0 Å². The Balaban J connectivity index is 3.24. The van der Waals surface area contributed by atoms with Gasteiger partial charge in [-0.1, -0.05) is 0 Å². The predicted molar refractivity (Wildman–Crippen MR) is 35.1 cm³/mol. The van der Waals surface area contributed by atoms with E-state index in [9.17, 15) is 9.59 Å². The maximum Gasteiger partial charge on any atom is 0.332 e. The van der Waals surface area contributed by atoms with Crippen molar-refractivity contribution in [1.82, 2.24) is 0 Å². The van der Waals surface area contributed by atoms with Crippen LogP contribution in [0.15, 0.2) is 0 Å². The summed E-state index contributed by atoms with van der Waals surface area (Å²) in [6.45, 7) is 1.16. The van der Waals surface area contributed by atoms with Crippen molar-refractivity contribution in [3.8, 4) is 0 Å². The van der Waals surface area contributed by atoms with Gasteiger partial charge in [0, 0.05) is 0 Å². The molecule has 5 heteroatoms. The van der Waals surface area contributed by atoms with Gasteiger partial charge >= 0.3 is 11.9 Å². The molecule has 0 spiro atoms. The molecule has 0 unspecified atom stereocenters. The van der Waals surface area contributed by atoms with Crippen molar-refractivity contribution in [1.29, 1.82) is 0 Å². The zero-order valence-electron chi connectivity index (χ0n) is 6.20. The zero-order chi connectivity index (χ0) is 8.69. The van der Waals surface area contributed by atoms with Crippen molar-refractivity contribution in [2.75, 3.05) is 19.8 Å². The topological polar surface area (TPSA) is 72.8 Å². The molecule has 0 amide bonds. The lowest BCUT2D eigenvalue weighted by Gasteiger charge is -2.00. The normalized spacial score (nSPS) is 9.18. The molecule has 0 fully saturated rings. The zero-order valence-corrected chi connectivity index (χ0v) is 6.20. The molecule has 0 aliphatic heterocycles. The smallest absolute Gasteiger partial charge is 0.332 e. The molecule has 64 valence electrons. The highest BCUT2D eigenvalue weighted by Gasteiger charge is 2.02. The summed E-state index contributed by atoms with van der Waals surface area (Å²) in [5, 5.41) is 8.08. The van der Waals surface area contributed by atoms with Crippen molar-refractivity contribution in [3.63, 3.8) is 0 Å². The van der Waals surface area contributed by atoms with Gasteiger partial charge in [-0.2, -0.15) is 0 Å². The molecular formula is C6H10O5. The number of carbonyl (C=O) groups is 2. The summed E-state index contributed by atoms with van der Waals surface area (Å²) in [6.07, 6.45) is 0. The van der Waals surface area contributed by atoms with Crippen LogP contribution in [-0.4, -0.2) is 36.9 Å². The maximum atomic E-state index is 10.5. The molecule has 0 saturated heterocycles. The van der Waals surface area contributed by atoms with Gasteiger partial charge in [-0.3, -0.25) is 0 Å². The molecule has 0 atom stereocenters. The molecule has 1 N–H and O–H groups in total. The molecule has 0 aliphatic carbocycles. The number of hydrogen-bond donors (Lipinski definition) is 1. The highest BCUT2D eigenvalue weighted by atomic mass is 16.6. The van der Waals surface area contributed by atoms with Crippen LogP contribution in [0, 0.1) is 0 Å². The number of aliphatic carboxylic acids is 1. The summed E-state index contributed by atoms with van der Waals surface area (Å²) >= 11 is 0. The van der Waals surface area contributed by atoms with Crippen molar-refractivity contribution < 1.29 is 24.2 Å².